The Balaban J connectivity index is 2.36. The van der Waals surface area contributed by atoms with E-state index in [2.05, 4.69) is 0 Å². The maximum atomic E-state index is 13.0. The summed E-state index contributed by atoms with van der Waals surface area (Å²) >= 11 is 0. The summed E-state index contributed by atoms with van der Waals surface area (Å²) in [6.45, 7) is -0.0438. The third-order valence-electron chi connectivity index (χ3n) is 3.51. The number of para-hydroxylation sites is 1. The van der Waals surface area contributed by atoms with Gasteiger partial charge in [0.2, 0.25) is 0 Å². The number of halogens is 1. The first-order chi connectivity index (χ1) is 9.22. The Morgan fingerprint density at radius 2 is 1.74 bits per heavy atom. The molecule has 0 amide bonds. The lowest BCUT2D eigenvalue weighted by atomic mass is 10.0. The minimum Gasteiger partial charge on any atom is -0.390 e. The van der Waals surface area contributed by atoms with Crippen molar-refractivity contribution in [1.82, 2.24) is 4.57 Å². The average Bonchev–Trinajstić information content (AvgIpc) is 2.73. The summed E-state index contributed by atoms with van der Waals surface area (Å²) in [5.41, 5.74) is 3.79. The minimum absolute atomic E-state index is 0.0438. The van der Waals surface area contributed by atoms with Crippen LogP contribution in [0.1, 0.15) is 5.69 Å². The number of hydrogen-bond donors (Lipinski definition) is 1. The second kappa shape index (κ2) is 4.52. The van der Waals surface area contributed by atoms with Crippen molar-refractivity contribution in [2.24, 2.45) is 7.05 Å². The second-order valence-electron chi connectivity index (χ2n) is 4.56. The topological polar surface area (TPSA) is 25.2 Å². The minimum atomic E-state index is -0.255. The van der Waals surface area contributed by atoms with Crippen molar-refractivity contribution in [3.63, 3.8) is 0 Å². The van der Waals surface area contributed by atoms with Crippen LogP contribution >= 0.6 is 0 Å². The normalized spacial score (nSPS) is 11.1. The smallest absolute Gasteiger partial charge is 0.123 e. The van der Waals surface area contributed by atoms with E-state index in [0.717, 1.165) is 27.7 Å². The molecule has 0 spiro atoms. The van der Waals surface area contributed by atoms with E-state index in [1.54, 1.807) is 12.1 Å². The van der Waals surface area contributed by atoms with Crippen LogP contribution in [0.2, 0.25) is 0 Å². The SMILES string of the molecule is Cn1c(CO)c(-c2ccc(F)cc2)c2ccccc21. The Bertz CT molecular complexity index is 728. The molecular formula is C16H14FNO. The summed E-state index contributed by atoms with van der Waals surface area (Å²) in [6.07, 6.45) is 0. The average molecular weight is 255 g/mol. The first-order valence-corrected chi connectivity index (χ1v) is 6.15. The second-order valence-corrected chi connectivity index (χ2v) is 4.56. The molecule has 0 fully saturated rings. The highest BCUT2D eigenvalue weighted by molar-refractivity contribution is 5.98. The van der Waals surface area contributed by atoms with Crippen LogP contribution in [0, 0.1) is 5.82 Å². The van der Waals surface area contributed by atoms with Gasteiger partial charge in [-0.1, -0.05) is 30.3 Å². The number of aryl methyl sites for hydroxylation is 1. The van der Waals surface area contributed by atoms with Crippen molar-refractivity contribution in [2.75, 3.05) is 0 Å². The molecule has 1 aromatic heterocycles. The summed E-state index contributed by atoms with van der Waals surface area (Å²) in [7, 11) is 1.93. The van der Waals surface area contributed by atoms with Crippen LogP contribution in [0.15, 0.2) is 48.5 Å². The highest BCUT2D eigenvalue weighted by Crippen LogP contribution is 2.34. The summed E-state index contributed by atoms with van der Waals surface area (Å²) in [5.74, 6) is -0.255. The molecule has 0 aliphatic carbocycles. The molecule has 2 nitrogen and oxygen atoms in total. The highest BCUT2D eigenvalue weighted by Gasteiger charge is 2.15. The molecule has 0 saturated carbocycles. The highest BCUT2D eigenvalue weighted by atomic mass is 19.1. The van der Waals surface area contributed by atoms with Crippen LogP contribution < -0.4 is 0 Å². The molecule has 0 aliphatic rings. The van der Waals surface area contributed by atoms with Gasteiger partial charge in [-0.3, -0.25) is 0 Å². The van der Waals surface area contributed by atoms with Gasteiger partial charge in [0.1, 0.15) is 5.82 Å². The number of fused-ring (bicyclic) bond motifs is 1. The summed E-state index contributed by atoms with van der Waals surface area (Å²) in [5, 5.41) is 10.7. The fourth-order valence-electron chi connectivity index (χ4n) is 2.57. The van der Waals surface area contributed by atoms with Gasteiger partial charge in [0.05, 0.1) is 12.3 Å². The predicted octanol–water partition coefficient (Wildman–Crippen LogP) is 3.48. The lowest BCUT2D eigenvalue weighted by Crippen LogP contribution is -1.96. The monoisotopic (exact) mass is 255 g/mol. The van der Waals surface area contributed by atoms with Gasteiger partial charge in [0, 0.05) is 23.5 Å². The zero-order valence-electron chi connectivity index (χ0n) is 10.6. The lowest BCUT2D eigenvalue weighted by molar-refractivity contribution is 0.274. The molecule has 0 radical (unpaired) electrons. The molecule has 3 rings (SSSR count). The molecule has 1 N–H and O–H groups in total. The van der Waals surface area contributed by atoms with E-state index in [-0.39, 0.29) is 12.4 Å². The Hall–Kier alpha value is -2.13. The molecule has 19 heavy (non-hydrogen) atoms. The summed E-state index contributed by atoms with van der Waals surface area (Å²) in [6, 6.07) is 14.4. The van der Waals surface area contributed by atoms with Crippen LogP contribution in [0.3, 0.4) is 0 Å². The number of aromatic nitrogens is 1. The molecule has 3 heteroatoms. The Morgan fingerprint density at radius 3 is 2.42 bits per heavy atom. The number of aliphatic hydroxyl groups is 1. The van der Waals surface area contributed by atoms with Crippen molar-refractivity contribution in [3.05, 3.63) is 60.0 Å². The molecule has 96 valence electrons. The van der Waals surface area contributed by atoms with Gasteiger partial charge in [0.15, 0.2) is 0 Å². The van der Waals surface area contributed by atoms with Crippen LogP contribution in [0.4, 0.5) is 4.39 Å². The van der Waals surface area contributed by atoms with E-state index in [4.69, 9.17) is 0 Å². The van der Waals surface area contributed by atoms with Crippen molar-refractivity contribution in [3.8, 4) is 11.1 Å². The molecule has 2 aromatic carbocycles. The maximum absolute atomic E-state index is 13.0. The fourth-order valence-corrected chi connectivity index (χ4v) is 2.57. The van der Waals surface area contributed by atoms with Crippen LogP contribution in [-0.2, 0) is 13.7 Å². The molecule has 3 aromatic rings. The Kier molecular flexibility index (Phi) is 2.84. The van der Waals surface area contributed by atoms with E-state index in [0.29, 0.717) is 0 Å². The quantitative estimate of drug-likeness (QED) is 0.745. The molecule has 0 bridgehead atoms. The van der Waals surface area contributed by atoms with Crippen molar-refractivity contribution in [2.45, 2.75) is 6.61 Å². The van der Waals surface area contributed by atoms with E-state index in [9.17, 15) is 9.50 Å². The van der Waals surface area contributed by atoms with Gasteiger partial charge in [0.25, 0.3) is 0 Å². The van der Waals surface area contributed by atoms with Crippen LogP contribution in [0.5, 0.6) is 0 Å². The molecule has 1 heterocycles. The third-order valence-corrected chi connectivity index (χ3v) is 3.51. The molecule has 0 saturated heterocycles. The van der Waals surface area contributed by atoms with E-state index >= 15 is 0 Å². The zero-order valence-corrected chi connectivity index (χ0v) is 10.6. The van der Waals surface area contributed by atoms with Crippen LogP contribution in [0.25, 0.3) is 22.0 Å². The lowest BCUT2D eigenvalue weighted by Gasteiger charge is -2.05. The number of hydrogen-bond acceptors (Lipinski definition) is 1. The zero-order chi connectivity index (χ0) is 13.4. The Labute approximate surface area is 110 Å². The van der Waals surface area contributed by atoms with E-state index in [1.165, 1.54) is 12.1 Å². The number of nitrogens with zero attached hydrogens (tertiary/aromatic N) is 1. The van der Waals surface area contributed by atoms with Crippen molar-refractivity contribution < 1.29 is 9.50 Å². The van der Waals surface area contributed by atoms with Gasteiger partial charge in [-0.25, -0.2) is 4.39 Å². The molecular weight excluding hydrogens is 241 g/mol. The Morgan fingerprint density at radius 1 is 1.05 bits per heavy atom. The summed E-state index contributed by atoms with van der Waals surface area (Å²) in [4.78, 5) is 0. The standard InChI is InChI=1S/C16H14FNO/c1-18-14-5-3-2-4-13(14)16(15(18)10-19)11-6-8-12(17)9-7-11/h2-9,19H,10H2,1H3. The van der Waals surface area contributed by atoms with Crippen LogP contribution in [-0.4, -0.2) is 9.67 Å². The molecule has 0 unspecified atom stereocenters. The van der Waals surface area contributed by atoms with Gasteiger partial charge >= 0.3 is 0 Å². The first kappa shape index (κ1) is 11.9. The molecule has 0 atom stereocenters. The predicted molar refractivity (Wildman–Crippen MR) is 74.2 cm³/mol. The van der Waals surface area contributed by atoms with Gasteiger partial charge in [-0.05, 0) is 23.8 Å². The number of aliphatic hydroxyl groups excluding tert-OH is 1. The fraction of sp³-hybridized carbons (Fsp3) is 0.125. The molecule has 0 aliphatic heterocycles. The van der Waals surface area contributed by atoms with Crippen molar-refractivity contribution >= 4 is 10.9 Å². The van der Waals surface area contributed by atoms with Crippen molar-refractivity contribution in [1.29, 1.82) is 0 Å². The van der Waals surface area contributed by atoms with Gasteiger partial charge < -0.3 is 9.67 Å². The van der Waals surface area contributed by atoms with E-state index < -0.39 is 0 Å². The van der Waals surface area contributed by atoms with Gasteiger partial charge in [-0.15, -0.1) is 0 Å². The third kappa shape index (κ3) is 1.83. The van der Waals surface area contributed by atoms with Gasteiger partial charge in [-0.2, -0.15) is 0 Å². The first-order valence-electron chi connectivity index (χ1n) is 6.15. The largest absolute Gasteiger partial charge is 0.390 e. The maximum Gasteiger partial charge on any atom is 0.123 e. The number of rotatable bonds is 2. The summed E-state index contributed by atoms with van der Waals surface area (Å²) < 4.78 is 15.0. The van der Waals surface area contributed by atoms with E-state index in [1.807, 2.05) is 35.9 Å². The number of benzene rings is 2.